The van der Waals surface area contributed by atoms with E-state index in [0.717, 1.165) is 6.42 Å². The lowest BCUT2D eigenvalue weighted by atomic mass is 10.2. The largest absolute Gasteiger partial charge is 0.481 e. The summed E-state index contributed by atoms with van der Waals surface area (Å²) in [6.07, 6.45) is 0.366. The molecule has 9 heteroatoms. The molecule has 2 aliphatic rings. The van der Waals surface area contributed by atoms with E-state index in [9.17, 15) is 18.0 Å². The number of carboxylic acids is 1. The van der Waals surface area contributed by atoms with Crippen LogP contribution in [0.4, 0.5) is 4.79 Å². The molecule has 2 atom stereocenters. The number of rotatable bonds is 3. The van der Waals surface area contributed by atoms with E-state index in [2.05, 4.69) is 0 Å². The van der Waals surface area contributed by atoms with Crippen LogP contribution in [0.25, 0.3) is 0 Å². The summed E-state index contributed by atoms with van der Waals surface area (Å²) in [5, 5.41) is 8.91. The molecule has 2 fully saturated rings. The minimum atomic E-state index is -3.28. The topological polar surface area (TPSA) is 104 Å². The minimum absolute atomic E-state index is 0.0135. The van der Waals surface area contributed by atoms with Crippen LogP contribution in [0.2, 0.25) is 0 Å². The standard InChI is InChI=1S/C12H20N2O6S/c1-20-10-2-3-13(7-10)12(17)14-4-5-21(18,19)8-9(14)6-11(15)16/h9-10H,2-8H2,1H3,(H,15,16). The summed E-state index contributed by atoms with van der Waals surface area (Å²) >= 11 is 0. The zero-order valence-electron chi connectivity index (χ0n) is 11.9. The maximum absolute atomic E-state index is 12.5. The van der Waals surface area contributed by atoms with E-state index in [1.807, 2.05) is 0 Å². The Balaban J connectivity index is 2.08. The Labute approximate surface area is 123 Å². The maximum Gasteiger partial charge on any atom is 0.320 e. The highest BCUT2D eigenvalue weighted by atomic mass is 32.2. The van der Waals surface area contributed by atoms with E-state index in [1.165, 1.54) is 4.90 Å². The molecule has 0 radical (unpaired) electrons. The molecule has 0 aliphatic carbocycles. The normalized spacial score (nSPS) is 28.6. The van der Waals surface area contributed by atoms with Gasteiger partial charge in [-0.05, 0) is 6.42 Å². The van der Waals surface area contributed by atoms with E-state index >= 15 is 0 Å². The van der Waals surface area contributed by atoms with Crippen LogP contribution in [0.5, 0.6) is 0 Å². The second-order valence-electron chi connectivity index (χ2n) is 5.43. The molecule has 2 rings (SSSR count). The molecule has 2 aliphatic heterocycles. The molecule has 8 nitrogen and oxygen atoms in total. The van der Waals surface area contributed by atoms with E-state index < -0.39 is 21.8 Å². The number of likely N-dealkylation sites (tertiary alicyclic amines) is 1. The van der Waals surface area contributed by atoms with Gasteiger partial charge in [-0.1, -0.05) is 0 Å². The first-order valence-electron chi connectivity index (χ1n) is 6.83. The molecule has 2 amide bonds. The highest BCUT2D eigenvalue weighted by molar-refractivity contribution is 7.91. The fourth-order valence-corrected chi connectivity index (χ4v) is 4.31. The average Bonchev–Trinajstić information content (AvgIpc) is 2.85. The molecule has 0 aromatic carbocycles. The van der Waals surface area contributed by atoms with Crippen LogP contribution in [0, 0.1) is 0 Å². The van der Waals surface area contributed by atoms with Gasteiger partial charge in [0, 0.05) is 26.7 Å². The van der Waals surface area contributed by atoms with Crippen LogP contribution in [-0.4, -0.2) is 85.7 Å². The smallest absolute Gasteiger partial charge is 0.320 e. The summed E-state index contributed by atoms with van der Waals surface area (Å²) in [5.74, 6) is -1.51. The molecule has 120 valence electrons. The van der Waals surface area contributed by atoms with Gasteiger partial charge < -0.3 is 19.6 Å². The van der Waals surface area contributed by atoms with E-state index in [4.69, 9.17) is 9.84 Å². The molecule has 0 bridgehead atoms. The summed E-state index contributed by atoms with van der Waals surface area (Å²) in [6.45, 7) is 1.05. The molecule has 21 heavy (non-hydrogen) atoms. The first kappa shape index (κ1) is 16.0. The summed E-state index contributed by atoms with van der Waals surface area (Å²) in [6, 6.07) is -1.09. The van der Waals surface area contributed by atoms with Crippen molar-refractivity contribution >= 4 is 21.8 Å². The Hall–Kier alpha value is -1.35. The molecule has 0 aromatic heterocycles. The molecule has 2 heterocycles. The summed E-state index contributed by atoms with van der Waals surface area (Å²) in [5.41, 5.74) is 0. The van der Waals surface area contributed by atoms with Crippen molar-refractivity contribution in [2.24, 2.45) is 0 Å². The van der Waals surface area contributed by atoms with Gasteiger partial charge in [-0.3, -0.25) is 4.79 Å². The number of methoxy groups -OCH3 is 1. The number of carbonyl (C=O) groups is 2. The van der Waals surface area contributed by atoms with Gasteiger partial charge in [-0.2, -0.15) is 0 Å². The number of carboxylic acid groups (broad SMARTS) is 1. The third-order valence-corrected chi connectivity index (χ3v) is 5.63. The number of amides is 2. The third-order valence-electron chi connectivity index (χ3n) is 3.94. The molecular weight excluding hydrogens is 300 g/mol. The van der Waals surface area contributed by atoms with Crippen LogP contribution in [0.15, 0.2) is 0 Å². The Kier molecular flexibility index (Phi) is 4.72. The van der Waals surface area contributed by atoms with Crippen molar-refractivity contribution in [3.8, 4) is 0 Å². The monoisotopic (exact) mass is 320 g/mol. The molecule has 2 unspecified atom stereocenters. The Morgan fingerprint density at radius 1 is 1.33 bits per heavy atom. The van der Waals surface area contributed by atoms with Crippen LogP contribution in [0.3, 0.4) is 0 Å². The maximum atomic E-state index is 12.5. The number of nitrogens with zero attached hydrogens (tertiary/aromatic N) is 2. The van der Waals surface area contributed by atoms with E-state index in [0.29, 0.717) is 13.1 Å². The Morgan fingerprint density at radius 3 is 2.62 bits per heavy atom. The van der Waals surface area contributed by atoms with Crippen molar-refractivity contribution in [3.05, 3.63) is 0 Å². The average molecular weight is 320 g/mol. The number of ether oxygens (including phenoxy) is 1. The van der Waals surface area contributed by atoms with Gasteiger partial charge in [0.1, 0.15) is 0 Å². The van der Waals surface area contributed by atoms with Crippen molar-refractivity contribution in [3.63, 3.8) is 0 Å². The fraction of sp³-hybridized carbons (Fsp3) is 0.833. The predicted octanol–water partition coefficient (Wildman–Crippen LogP) is -0.599. The number of hydrogen-bond donors (Lipinski definition) is 1. The number of aliphatic carboxylic acids is 1. The SMILES string of the molecule is COC1CCN(C(=O)N2CCS(=O)(=O)CC2CC(=O)O)C1. The Morgan fingerprint density at radius 2 is 2.05 bits per heavy atom. The molecule has 1 N–H and O–H groups in total. The number of urea groups is 1. The second kappa shape index (κ2) is 6.18. The van der Waals surface area contributed by atoms with Gasteiger partial charge >= 0.3 is 12.0 Å². The van der Waals surface area contributed by atoms with Crippen molar-refractivity contribution in [1.82, 2.24) is 9.80 Å². The summed E-state index contributed by atoms with van der Waals surface area (Å²) < 4.78 is 28.5. The number of hydrogen-bond acceptors (Lipinski definition) is 5. The van der Waals surface area contributed by atoms with Gasteiger partial charge in [0.15, 0.2) is 9.84 Å². The lowest BCUT2D eigenvalue weighted by Gasteiger charge is -2.37. The molecule has 2 saturated heterocycles. The van der Waals surface area contributed by atoms with Crippen LogP contribution in [-0.2, 0) is 19.4 Å². The second-order valence-corrected chi connectivity index (χ2v) is 7.66. The lowest BCUT2D eigenvalue weighted by Crippen LogP contribution is -2.55. The highest BCUT2D eigenvalue weighted by Gasteiger charge is 2.38. The third kappa shape index (κ3) is 3.85. The van der Waals surface area contributed by atoms with Gasteiger partial charge in [0.2, 0.25) is 0 Å². The van der Waals surface area contributed by atoms with Gasteiger partial charge in [-0.25, -0.2) is 13.2 Å². The van der Waals surface area contributed by atoms with Gasteiger partial charge in [0.25, 0.3) is 0 Å². The molecule has 0 aromatic rings. The van der Waals surface area contributed by atoms with Gasteiger partial charge in [-0.15, -0.1) is 0 Å². The zero-order chi connectivity index (χ0) is 15.6. The molecule has 0 saturated carbocycles. The van der Waals surface area contributed by atoms with Crippen molar-refractivity contribution in [2.45, 2.75) is 25.0 Å². The fourth-order valence-electron chi connectivity index (χ4n) is 2.78. The lowest BCUT2D eigenvalue weighted by molar-refractivity contribution is -0.138. The predicted molar refractivity (Wildman–Crippen MR) is 73.8 cm³/mol. The van der Waals surface area contributed by atoms with Crippen LogP contribution in [0.1, 0.15) is 12.8 Å². The minimum Gasteiger partial charge on any atom is -0.481 e. The van der Waals surface area contributed by atoms with E-state index in [-0.39, 0.29) is 36.6 Å². The highest BCUT2D eigenvalue weighted by Crippen LogP contribution is 2.20. The molecule has 0 spiro atoms. The van der Waals surface area contributed by atoms with Crippen molar-refractivity contribution in [1.29, 1.82) is 0 Å². The van der Waals surface area contributed by atoms with Gasteiger partial charge in [0.05, 0.1) is 30.1 Å². The Bertz CT molecular complexity index is 520. The zero-order valence-corrected chi connectivity index (χ0v) is 12.7. The number of sulfone groups is 1. The number of carbonyl (C=O) groups excluding carboxylic acids is 1. The quantitative estimate of drug-likeness (QED) is 0.745. The van der Waals surface area contributed by atoms with Crippen molar-refractivity contribution < 1.29 is 27.9 Å². The summed E-state index contributed by atoms with van der Waals surface area (Å²) in [4.78, 5) is 26.4. The summed E-state index contributed by atoms with van der Waals surface area (Å²) in [7, 11) is -1.70. The van der Waals surface area contributed by atoms with E-state index in [1.54, 1.807) is 12.0 Å². The molecular formula is C12H20N2O6S. The van der Waals surface area contributed by atoms with Crippen LogP contribution < -0.4 is 0 Å². The van der Waals surface area contributed by atoms with Crippen molar-refractivity contribution in [2.75, 3.05) is 38.2 Å². The van der Waals surface area contributed by atoms with Crippen LogP contribution >= 0.6 is 0 Å². The first-order chi connectivity index (χ1) is 9.82. The first-order valence-corrected chi connectivity index (χ1v) is 8.65.